The average Bonchev–Trinajstić information content (AvgIpc) is 2.58. The number of hydrogen-bond acceptors (Lipinski definition) is 2. The molecule has 0 fully saturated rings. The van der Waals surface area contributed by atoms with Crippen LogP contribution in [0.2, 0.25) is 0 Å². The molecule has 0 aliphatic carbocycles. The third-order valence-corrected chi connectivity index (χ3v) is 4.67. The van der Waals surface area contributed by atoms with E-state index in [1.54, 1.807) is 0 Å². The summed E-state index contributed by atoms with van der Waals surface area (Å²) in [5.74, 6) is -2.62. The maximum absolute atomic E-state index is 14.1. The Morgan fingerprint density at radius 2 is 1.68 bits per heavy atom. The Morgan fingerprint density at radius 3 is 2.48 bits per heavy atom. The summed E-state index contributed by atoms with van der Waals surface area (Å²) in [4.78, 5) is 0. The molecular formula is C20H16F3NO. The SMILES string of the molecule is Cc1ccc2ccc3c(c2c1)CC(N)[C@@H](c1cc(F)c(F)cc1F)O3. The quantitative estimate of drug-likeness (QED) is 0.657. The number of benzene rings is 3. The van der Waals surface area contributed by atoms with Crippen LogP contribution in [0.5, 0.6) is 5.75 Å². The van der Waals surface area contributed by atoms with Crippen LogP contribution in [0.1, 0.15) is 22.8 Å². The molecule has 4 rings (SSSR count). The van der Waals surface area contributed by atoms with Gasteiger partial charge in [-0.3, -0.25) is 0 Å². The van der Waals surface area contributed by atoms with Gasteiger partial charge in [-0.25, -0.2) is 13.2 Å². The van der Waals surface area contributed by atoms with Gasteiger partial charge in [-0.1, -0.05) is 29.8 Å². The molecule has 0 aromatic heterocycles. The van der Waals surface area contributed by atoms with Gasteiger partial charge in [0, 0.05) is 17.2 Å². The average molecular weight is 343 g/mol. The van der Waals surface area contributed by atoms with Gasteiger partial charge in [0.25, 0.3) is 0 Å². The van der Waals surface area contributed by atoms with Crippen LogP contribution in [0.25, 0.3) is 10.8 Å². The summed E-state index contributed by atoms with van der Waals surface area (Å²) >= 11 is 0. The summed E-state index contributed by atoms with van der Waals surface area (Å²) < 4.78 is 46.8. The lowest BCUT2D eigenvalue weighted by Crippen LogP contribution is -2.38. The van der Waals surface area contributed by atoms with E-state index in [9.17, 15) is 13.2 Å². The second kappa shape index (κ2) is 5.77. The summed E-state index contributed by atoms with van der Waals surface area (Å²) in [7, 11) is 0. The molecule has 0 saturated heterocycles. The second-order valence-corrected chi connectivity index (χ2v) is 6.46. The van der Waals surface area contributed by atoms with E-state index in [2.05, 4.69) is 6.07 Å². The van der Waals surface area contributed by atoms with Crippen LogP contribution in [0.3, 0.4) is 0 Å². The van der Waals surface area contributed by atoms with Crippen molar-refractivity contribution in [1.29, 1.82) is 0 Å². The van der Waals surface area contributed by atoms with E-state index in [4.69, 9.17) is 10.5 Å². The van der Waals surface area contributed by atoms with Crippen LogP contribution >= 0.6 is 0 Å². The largest absolute Gasteiger partial charge is 0.484 e. The van der Waals surface area contributed by atoms with E-state index in [0.717, 1.165) is 28.0 Å². The zero-order valence-electron chi connectivity index (χ0n) is 13.5. The summed E-state index contributed by atoms with van der Waals surface area (Å²) in [5, 5.41) is 2.11. The fourth-order valence-corrected chi connectivity index (χ4v) is 3.41. The number of fused-ring (bicyclic) bond motifs is 3. The lowest BCUT2D eigenvalue weighted by atomic mass is 9.89. The molecule has 1 aliphatic rings. The number of aryl methyl sites for hydroxylation is 1. The van der Waals surface area contributed by atoms with E-state index >= 15 is 0 Å². The fourth-order valence-electron chi connectivity index (χ4n) is 3.41. The van der Waals surface area contributed by atoms with Gasteiger partial charge >= 0.3 is 0 Å². The van der Waals surface area contributed by atoms with Crippen molar-refractivity contribution >= 4 is 10.8 Å². The predicted octanol–water partition coefficient (Wildman–Crippen LogP) is 4.57. The molecule has 2 nitrogen and oxygen atoms in total. The van der Waals surface area contributed by atoms with E-state index in [1.165, 1.54) is 0 Å². The number of rotatable bonds is 1. The van der Waals surface area contributed by atoms with E-state index in [1.807, 2.05) is 31.2 Å². The smallest absolute Gasteiger partial charge is 0.161 e. The van der Waals surface area contributed by atoms with Gasteiger partial charge in [-0.05, 0) is 36.2 Å². The topological polar surface area (TPSA) is 35.2 Å². The van der Waals surface area contributed by atoms with Gasteiger partial charge in [0.2, 0.25) is 0 Å². The first kappa shape index (κ1) is 16.0. The molecule has 1 aliphatic heterocycles. The first-order valence-corrected chi connectivity index (χ1v) is 8.03. The minimum atomic E-state index is -1.23. The number of nitrogens with two attached hydrogens (primary N) is 1. The Balaban J connectivity index is 1.81. The van der Waals surface area contributed by atoms with E-state index < -0.39 is 29.6 Å². The minimum absolute atomic E-state index is 0.0682. The molecule has 0 saturated carbocycles. The number of ether oxygens (including phenoxy) is 1. The van der Waals surface area contributed by atoms with Gasteiger partial charge in [-0.2, -0.15) is 0 Å². The maximum Gasteiger partial charge on any atom is 0.161 e. The summed E-state index contributed by atoms with van der Waals surface area (Å²) in [5.41, 5.74) is 8.20. The van der Waals surface area contributed by atoms with Gasteiger partial charge in [0.05, 0.1) is 6.04 Å². The molecule has 2 atom stereocenters. The second-order valence-electron chi connectivity index (χ2n) is 6.46. The standard InChI is InChI=1S/C20H16F3NO/c1-10-2-3-11-4-5-19-13(12(11)6-10)8-18(24)20(25-19)14-7-16(22)17(23)9-15(14)21/h2-7,9,18,20H,8,24H2,1H3/t18?,20-/m1/s1. The molecular weight excluding hydrogens is 327 g/mol. The van der Waals surface area contributed by atoms with Crippen molar-refractivity contribution in [2.75, 3.05) is 0 Å². The Kier molecular flexibility index (Phi) is 3.69. The molecule has 3 aromatic rings. The van der Waals surface area contributed by atoms with Crippen molar-refractivity contribution in [2.24, 2.45) is 5.73 Å². The molecule has 0 bridgehead atoms. The Hall–Kier alpha value is -2.53. The molecule has 25 heavy (non-hydrogen) atoms. The number of hydrogen-bond donors (Lipinski definition) is 1. The number of halogens is 3. The van der Waals surface area contributed by atoms with Crippen LogP contribution in [-0.4, -0.2) is 6.04 Å². The third kappa shape index (κ3) is 2.65. The Morgan fingerprint density at radius 1 is 0.960 bits per heavy atom. The summed E-state index contributed by atoms with van der Waals surface area (Å²) in [6.45, 7) is 2.00. The van der Waals surface area contributed by atoms with Crippen molar-refractivity contribution in [3.05, 3.63) is 76.6 Å². The molecule has 5 heteroatoms. The van der Waals surface area contributed by atoms with Gasteiger partial charge in [0.1, 0.15) is 17.7 Å². The first-order valence-electron chi connectivity index (χ1n) is 8.03. The van der Waals surface area contributed by atoms with E-state index in [-0.39, 0.29) is 5.56 Å². The Labute approximate surface area is 143 Å². The molecule has 0 amide bonds. The fraction of sp³-hybridized carbons (Fsp3) is 0.200. The lowest BCUT2D eigenvalue weighted by molar-refractivity contribution is 0.149. The van der Waals surface area contributed by atoms with Crippen LogP contribution in [0.4, 0.5) is 13.2 Å². The molecule has 2 N–H and O–H groups in total. The third-order valence-electron chi connectivity index (χ3n) is 4.67. The van der Waals surface area contributed by atoms with Crippen molar-refractivity contribution in [3.63, 3.8) is 0 Å². The molecule has 1 unspecified atom stereocenters. The zero-order chi connectivity index (χ0) is 17.7. The van der Waals surface area contributed by atoms with Crippen molar-refractivity contribution in [1.82, 2.24) is 0 Å². The first-order chi connectivity index (χ1) is 11.9. The monoisotopic (exact) mass is 343 g/mol. The molecule has 0 spiro atoms. The highest BCUT2D eigenvalue weighted by molar-refractivity contribution is 5.88. The molecule has 128 valence electrons. The normalized spacial score (nSPS) is 19.6. The Bertz CT molecular complexity index is 986. The van der Waals surface area contributed by atoms with Crippen LogP contribution in [-0.2, 0) is 6.42 Å². The van der Waals surface area contributed by atoms with Gasteiger partial charge < -0.3 is 10.5 Å². The molecule has 3 aromatic carbocycles. The van der Waals surface area contributed by atoms with Gasteiger partial charge in [-0.15, -0.1) is 0 Å². The lowest BCUT2D eigenvalue weighted by Gasteiger charge is -2.32. The van der Waals surface area contributed by atoms with Crippen molar-refractivity contribution in [3.8, 4) is 5.75 Å². The van der Waals surface area contributed by atoms with Crippen molar-refractivity contribution < 1.29 is 17.9 Å². The highest BCUT2D eigenvalue weighted by atomic mass is 19.2. The van der Waals surface area contributed by atoms with Crippen LogP contribution in [0.15, 0.2) is 42.5 Å². The summed E-state index contributed by atoms with van der Waals surface area (Å²) in [6, 6.07) is 10.6. The zero-order valence-corrected chi connectivity index (χ0v) is 13.5. The molecule has 0 radical (unpaired) electrons. The predicted molar refractivity (Wildman–Crippen MR) is 90.0 cm³/mol. The maximum atomic E-state index is 14.1. The summed E-state index contributed by atoms with van der Waals surface area (Å²) in [6.07, 6.45) is -0.413. The van der Waals surface area contributed by atoms with Crippen LogP contribution in [0, 0.1) is 24.4 Å². The highest BCUT2D eigenvalue weighted by Crippen LogP contribution is 2.39. The van der Waals surface area contributed by atoms with Crippen LogP contribution < -0.4 is 10.5 Å². The highest BCUT2D eigenvalue weighted by Gasteiger charge is 2.32. The van der Waals surface area contributed by atoms with E-state index in [0.29, 0.717) is 18.2 Å². The molecule has 1 heterocycles. The minimum Gasteiger partial charge on any atom is -0.484 e. The van der Waals surface area contributed by atoms with Crippen molar-refractivity contribution in [2.45, 2.75) is 25.5 Å². The van der Waals surface area contributed by atoms with Gasteiger partial charge in [0.15, 0.2) is 11.6 Å².